The van der Waals surface area contributed by atoms with Crippen molar-refractivity contribution in [3.05, 3.63) is 24.0 Å². The van der Waals surface area contributed by atoms with Crippen LogP contribution in [0.2, 0.25) is 0 Å². The lowest BCUT2D eigenvalue weighted by Gasteiger charge is -2.20. The zero-order valence-electron chi connectivity index (χ0n) is 9.16. The molecule has 0 radical (unpaired) electrons. The monoisotopic (exact) mass is 212 g/mol. The van der Waals surface area contributed by atoms with E-state index in [4.69, 9.17) is 10.5 Å². The summed E-state index contributed by atoms with van der Waals surface area (Å²) in [6.07, 6.45) is 0. The molecule has 84 valence electrons. The Bertz CT molecular complexity index is 317. The summed E-state index contributed by atoms with van der Waals surface area (Å²) in [6.45, 7) is 4.03. The van der Waals surface area contributed by atoms with Crippen LogP contribution in [0.5, 0.6) is 0 Å². The maximum Gasteiger partial charge on any atom is 0.125 e. The lowest BCUT2D eigenvalue weighted by molar-refractivity contribution is 0.154. The van der Waals surface area contributed by atoms with Crippen LogP contribution in [0.4, 0.5) is 15.8 Å². The van der Waals surface area contributed by atoms with Crippen LogP contribution in [0.25, 0.3) is 0 Å². The lowest BCUT2D eigenvalue weighted by atomic mass is 10.2. The molecule has 0 aromatic heterocycles. The second kappa shape index (κ2) is 5.56. The molecule has 0 heterocycles. The zero-order valence-corrected chi connectivity index (χ0v) is 9.16. The fraction of sp³-hybridized carbons (Fsp3) is 0.455. The molecule has 0 aliphatic carbocycles. The van der Waals surface area contributed by atoms with Gasteiger partial charge in [0, 0.05) is 20.2 Å². The van der Waals surface area contributed by atoms with Gasteiger partial charge in [-0.3, -0.25) is 0 Å². The van der Waals surface area contributed by atoms with Gasteiger partial charge in [-0.1, -0.05) is 0 Å². The molecule has 4 heteroatoms. The molecule has 0 bridgehead atoms. The third-order valence-corrected chi connectivity index (χ3v) is 2.18. The topological polar surface area (TPSA) is 38.5 Å². The fourth-order valence-corrected chi connectivity index (χ4v) is 1.34. The van der Waals surface area contributed by atoms with Gasteiger partial charge in [-0.05, 0) is 25.1 Å². The summed E-state index contributed by atoms with van der Waals surface area (Å²) >= 11 is 0. The first-order chi connectivity index (χ1) is 7.15. The highest BCUT2D eigenvalue weighted by Gasteiger charge is 2.05. The van der Waals surface area contributed by atoms with Crippen LogP contribution in [-0.2, 0) is 4.74 Å². The minimum atomic E-state index is -0.311. The summed E-state index contributed by atoms with van der Waals surface area (Å²) in [7, 11) is 1.91. The summed E-state index contributed by atoms with van der Waals surface area (Å²) in [5.74, 6) is -0.311. The molecule has 2 N–H and O–H groups in total. The Morgan fingerprint density at radius 1 is 1.47 bits per heavy atom. The Kier molecular flexibility index (Phi) is 4.37. The largest absolute Gasteiger partial charge is 0.397 e. The van der Waals surface area contributed by atoms with Crippen molar-refractivity contribution in [2.75, 3.05) is 37.4 Å². The quantitative estimate of drug-likeness (QED) is 0.598. The molecule has 0 amide bonds. The van der Waals surface area contributed by atoms with Crippen molar-refractivity contribution in [1.29, 1.82) is 0 Å². The molecular formula is C11H17FN2O. The van der Waals surface area contributed by atoms with E-state index in [-0.39, 0.29) is 5.82 Å². The number of likely N-dealkylation sites (N-methyl/N-ethyl adjacent to an activating group) is 1. The first-order valence-electron chi connectivity index (χ1n) is 4.99. The summed E-state index contributed by atoms with van der Waals surface area (Å²) in [5, 5.41) is 0. The number of rotatable bonds is 5. The number of benzene rings is 1. The summed E-state index contributed by atoms with van der Waals surface area (Å²) < 4.78 is 18.0. The number of anilines is 2. The van der Waals surface area contributed by atoms with E-state index in [0.29, 0.717) is 18.9 Å². The normalized spacial score (nSPS) is 10.3. The van der Waals surface area contributed by atoms with Gasteiger partial charge in [0.2, 0.25) is 0 Å². The van der Waals surface area contributed by atoms with Crippen molar-refractivity contribution in [3.63, 3.8) is 0 Å². The van der Waals surface area contributed by atoms with Crippen LogP contribution in [0.15, 0.2) is 18.2 Å². The predicted molar refractivity (Wildman–Crippen MR) is 60.6 cm³/mol. The van der Waals surface area contributed by atoms with Crippen LogP contribution < -0.4 is 10.6 Å². The summed E-state index contributed by atoms with van der Waals surface area (Å²) in [6, 6.07) is 4.41. The van der Waals surface area contributed by atoms with Crippen LogP contribution in [0, 0.1) is 5.82 Å². The summed E-state index contributed by atoms with van der Waals surface area (Å²) in [4.78, 5) is 1.95. The van der Waals surface area contributed by atoms with E-state index in [1.165, 1.54) is 12.1 Å². The Morgan fingerprint density at radius 3 is 2.80 bits per heavy atom. The van der Waals surface area contributed by atoms with Gasteiger partial charge in [-0.2, -0.15) is 0 Å². The SMILES string of the molecule is CCOCCN(C)c1ccc(F)cc1N. The molecule has 1 rings (SSSR count). The molecule has 0 atom stereocenters. The number of ether oxygens (including phenoxy) is 1. The van der Waals surface area contributed by atoms with Crippen LogP contribution in [0.3, 0.4) is 0 Å². The molecule has 1 aromatic carbocycles. The van der Waals surface area contributed by atoms with Gasteiger partial charge in [0.1, 0.15) is 5.82 Å². The number of nitrogens with zero attached hydrogens (tertiary/aromatic N) is 1. The maximum atomic E-state index is 12.8. The second-order valence-corrected chi connectivity index (χ2v) is 3.32. The summed E-state index contributed by atoms with van der Waals surface area (Å²) in [5.41, 5.74) is 6.99. The van der Waals surface area contributed by atoms with Gasteiger partial charge < -0.3 is 15.4 Å². The van der Waals surface area contributed by atoms with Crippen LogP contribution in [0.1, 0.15) is 6.92 Å². The minimum absolute atomic E-state index is 0.311. The van der Waals surface area contributed by atoms with Gasteiger partial charge in [0.05, 0.1) is 18.0 Å². The number of nitrogen functional groups attached to an aromatic ring is 1. The zero-order chi connectivity index (χ0) is 11.3. The molecule has 0 saturated carbocycles. The van der Waals surface area contributed by atoms with Crippen molar-refractivity contribution >= 4 is 11.4 Å². The van der Waals surface area contributed by atoms with Crippen molar-refractivity contribution in [2.24, 2.45) is 0 Å². The van der Waals surface area contributed by atoms with E-state index in [9.17, 15) is 4.39 Å². The molecule has 3 nitrogen and oxygen atoms in total. The Labute approximate surface area is 89.6 Å². The van der Waals surface area contributed by atoms with Crippen molar-refractivity contribution in [3.8, 4) is 0 Å². The van der Waals surface area contributed by atoms with Crippen molar-refractivity contribution in [2.45, 2.75) is 6.92 Å². The molecule has 0 saturated heterocycles. The average molecular weight is 212 g/mol. The molecular weight excluding hydrogens is 195 g/mol. The Hall–Kier alpha value is -1.29. The fourth-order valence-electron chi connectivity index (χ4n) is 1.34. The van der Waals surface area contributed by atoms with E-state index < -0.39 is 0 Å². The average Bonchev–Trinajstić information content (AvgIpc) is 2.17. The number of hydrogen-bond acceptors (Lipinski definition) is 3. The van der Waals surface area contributed by atoms with Gasteiger partial charge in [-0.15, -0.1) is 0 Å². The molecule has 15 heavy (non-hydrogen) atoms. The van der Waals surface area contributed by atoms with E-state index in [1.54, 1.807) is 6.07 Å². The van der Waals surface area contributed by atoms with Crippen LogP contribution >= 0.6 is 0 Å². The molecule has 0 aliphatic rings. The third kappa shape index (κ3) is 3.40. The maximum absolute atomic E-state index is 12.8. The highest BCUT2D eigenvalue weighted by atomic mass is 19.1. The van der Waals surface area contributed by atoms with Gasteiger partial charge in [-0.25, -0.2) is 4.39 Å². The first-order valence-corrected chi connectivity index (χ1v) is 4.99. The van der Waals surface area contributed by atoms with E-state index in [1.807, 2.05) is 18.9 Å². The van der Waals surface area contributed by atoms with E-state index >= 15 is 0 Å². The molecule has 0 unspecified atom stereocenters. The predicted octanol–water partition coefficient (Wildman–Crippen LogP) is 1.88. The minimum Gasteiger partial charge on any atom is -0.397 e. The second-order valence-electron chi connectivity index (χ2n) is 3.32. The number of hydrogen-bond donors (Lipinski definition) is 1. The number of nitrogens with two attached hydrogens (primary N) is 1. The lowest BCUT2D eigenvalue weighted by Crippen LogP contribution is -2.23. The van der Waals surface area contributed by atoms with Gasteiger partial charge >= 0.3 is 0 Å². The Morgan fingerprint density at radius 2 is 2.20 bits per heavy atom. The molecule has 0 aliphatic heterocycles. The highest BCUT2D eigenvalue weighted by Crippen LogP contribution is 2.22. The van der Waals surface area contributed by atoms with E-state index in [2.05, 4.69) is 0 Å². The molecule has 1 aromatic rings. The standard InChI is InChI=1S/C11H17FN2O/c1-3-15-7-6-14(2)11-5-4-9(12)8-10(11)13/h4-5,8H,3,6-7,13H2,1-2H3. The Balaban J connectivity index is 2.61. The number of halogens is 1. The van der Waals surface area contributed by atoms with Gasteiger partial charge in [0.25, 0.3) is 0 Å². The van der Waals surface area contributed by atoms with Crippen LogP contribution in [-0.4, -0.2) is 26.8 Å². The first kappa shape index (κ1) is 11.8. The highest BCUT2D eigenvalue weighted by molar-refractivity contribution is 5.67. The molecule has 0 fully saturated rings. The van der Waals surface area contributed by atoms with Gasteiger partial charge in [0.15, 0.2) is 0 Å². The van der Waals surface area contributed by atoms with Crippen molar-refractivity contribution in [1.82, 2.24) is 0 Å². The molecule has 0 spiro atoms. The smallest absolute Gasteiger partial charge is 0.125 e. The van der Waals surface area contributed by atoms with E-state index in [0.717, 1.165) is 12.2 Å². The third-order valence-electron chi connectivity index (χ3n) is 2.18. The van der Waals surface area contributed by atoms with Crippen molar-refractivity contribution < 1.29 is 9.13 Å².